The molecule has 1 amide bonds. The van der Waals surface area contributed by atoms with E-state index in [1.54, 1.807) is 13.2 Å². The van der Waals surface area contributed by atoms with Gasteiger partial charge in [0.1, 0.15) is 5.75 Å². The second-order valence-electron chi connectivity index (χ2n) is 5.26. The standard InChI is InChI=1S/C19H14Br2N2O2S/c1-25-17-7-5-12(9-15(17)21)6-8-18(24)23-19-22-16(11-26-19)13-3-2-4-14(20)10-13/h2-11H,1H3,(H,22,23,24)/b8-6+. The zero-order chi connectivity index (χ0) is 18.5. The van der Waals surface area contributed by atoms with Gasteiger partial charge in [-0.15, -0.1) is 11.3 Å². The predicted octanol–water partition coefficient (Wildman–Crippen LogP) is 6.00. The van der Waals surface area contributed by atoms with Gasteiger partial charge in [0.2, 0.25) is 5.91 Å². The first-order chi connectivity index (χ1) is 12.5. The lowest BCUT2D eigenvalue weighted by Crippen LogP contribution is -2.07. The number of methoxy groups -OCH3 is 1. The molecule has 2 aromatic carbocycles. The van der Waals surface area contributed by atoms with Gasteiger partial charge >= 0.3 is 0 Å². The van der Waals surface area contributed by atoms with E-state index in [1.165, 1.54) is 17.4 Å². The number of ether oxygens (including phenoxy) is 1. The number of nitrogens with one attached hydrogen (secondary N) is 1. The summed E-state index contributed by atoms with van der Waals surface area (Å²) in [6, 6.07) is 13.5. The van der Waals surface area contributed by atoms with Crippen molar-refractivity contribution < 1.29 is 9.53 Å². The minimum absolute atomic E-state index is 0.230. The van der Waals surface area contributed by atoms with E-state index in [0.29, 0.717) is 5.13 Å². The van der Waals surface area contributed by atoms with Crippen LogP contribution in [0, 0.1) is 0 Å². The Morgan fingerprint density at radius 3 is 2.81 bits per heavy atom. The highest BCUT2D eigenvalue weighted by Crippen LogP contribution is 2.27. The van der Waals surface area contributed by atoms with E-state index in [-0.39, 0.29) is 5.91 Å². The molecule has 0 saturated heterocycles. The predicted molar refractivity (Wildman–Crippen MR) is 114 cm³/mol. The van der Waals surface area contributed by atoms with Gasteiger partial charge in [-0.2, -0.15) is 0 Å². The summed E-state index contributed by atoms with van der Waals surface area (Å²) in [6.45, 7) is 0. The van der Waals surface area contributed by atoms with E-state index in [0.717, 1.165) is 31.5 Å². The third-order valence-corrected chi connectivity index (χ3v) is 5.33. The van der Waals surface area contributed by atoms with Crippen LogP contribution in [-0.2, 0) is 4.79 Å². The van der Waals surface area contributed by atoms with Gasteiger partial charge in [-0.05, 0) is 51.8 Å². The number of hydrogen-bond acceptors (Lipinski definition) is 4. The van der Waals surface area contributed by atoms with Gasteiger partial charge in [0.05, 0.1) is 17.3 Å². The van der Waals surface area contributed by atoms with Crippen LogP contribution in [0.15, 0.2) is 62.9 Å². The number of halogens is 2. The smallest absolute Gasteiger partial charge is 0.250 e. The molecule has 4 nitrogen and oxygen atoms in total. The molecule has 3 aromatic rings. The first-order valence-corrected chi connectivity index (χ1v) is 10.1. The molecule has 0 aliphatic carbocycles. The molecule has 1 N–H and O–H groups in total. The summed E-state index contributed by atoms with van der Waals surface area (Å²) < 4.78 is 7.01. The van der Waals surface area contributed by atoms with Crippen molar-refractivity contribution >= 4 is 60.3 Å². The molecule has 132 valence electrons. The van der Waals surface area contributed by atoms with Gasteiger partial charge in [0.15, 0.2) is 5.13 Å². The van der Waals surface area contributed by atoms with E-state index in [1.807, 2.05) is 47.8 Å². The molecule has 0 saturated carbocycles. The largest absolute Gasteiger partial charge is 0.496 e. The van der Waals surface area contributed by atoms with E-state index >= 15 is 0 Å². The molecule has 1 heterocycles. The van der Waals surface area contributed by atoms with Crippen molar-refractivity contribution in [2.24, 2.45) is 0 Å². The van der Waals surface area contributed by atoms with Gasteiger partial charge in [0.25, 0.3) is 0 Å². The number of aromatic nitrogens is 1. The number of carbonyl (C=O) groups excluding carboxylic acids is 1. The van der Waals surface area contributed by atoms with Crippen LogP contribution in [0.3, 0.4) is 0 Å². The molecule has 7 heteroatoms. The van der Waals surface area contributed by atoms with Crippen molar-refractivity contribution in [1.29, 1.82) is 0 Å². The third-order valence-electron chi connectivity index (χ3n) is 3.46. The molecule has 0 radical (unpaired) electrons. The van der Waals surface area contributed by atoms with Gasteiger partial charge in [-0.3, -0.25) is 10.1 Å². The Labute approximate surface area is 172 Å². The third kappa shape index (κ3) is 4.81. The summed E-state index contributed by atoms with van der Waals surface area (Å²) in [7, 11) is 1.61. The monoisotopic (exact) mass is 492 g/mol. The van der Waals surface area contributed by atoms with E-state index in [2.05, 4.69) is 42.2 Å². The fourth-order valence-electron chi connectivity index (χ4n) is 2.22. The number of rotatable bonds is 5. The van der Waals surface area contributed by atoms with Crippen LogP contribution in [0.5, 0.6) is 5.75 Å². The molecular weight excluding hydrogens is 480 g/mol. The Kier molecular flexibility index (Phi) is 6.24. The van der Waals surface area contributed by atoms with Gasteiger partial charge in [-0.1, -0.05) is 34.1 Å². The Balaban J connectivity index is 1.66. The first-order valence-electron chi connectivity index (χ1n) is 7.59. The van der Waals surface area contributed by atoms with E-state index in [9.17, 15) is 4.79 Å². The van der Waals surface area contributed by atoms with Crippen LogP contribution in [0.2, 0.25) is 0 Å². The van der Waals surface area contributed by atoms with Crippen molar-refractivity contribution in [2.75, 3.05) is 12.4 Å². The molecule has 0 bridgehead atoms. The maximum absolute atomic E-state index is 12.1. The average molecular weight is 494 g/mol. The summed E-state index contributed by atoms with van der Waals surface area (Å²) in [5.41, 5.74) is 2.71. The number of nitrogens with zero attached hydrogens (tertiary/aromatic N) is 1. The van der Waals surface area contributed by atoms with Crippen LogP contribution in [0.1, 0.15) is 5.56 Å². The maximum Gasteiger partial charge on any atom is 0.250 e. The van der Waals surface area contributed by atoms with Crippen LogP contribution in [0.4, 0.5) is 5.13 Å². The molecular formula is C19H14Br2N2O2S. The summed E-state index contributed by atoms with van der Waals surface area (Å²) in [5.74, 6) is 0.515. The Morgan fingerprint density at radius 2 is 2.08 bits per heavy atom. The SMILES string of the molecule is COc1ccc(/C=C/C(=O)Nc2nc(-c3cccc(Br)c3)cs2)cc1Br. The Hall–Kier alpha value is -1.96. The quantitative estimate of drug-likeness (QED) is 0.443. The number of anilines is 1. The molecule has 26 heavy (non-hydrogen) atoms. The van der Waals surface area contributed by atoms with Crippen LogP contribution in [0.25, 0.3) is 17.3 Å². The van der Waals surface area contributed by atoms with Crippen molar-refractivity contribution in [3.63, 3.8) is 0 Å². The first kappa shape index (κ1) is 18.8. The highest BCUT2D eigenvalue weighted by Gasteiger charge is 2.07. The fourth-order valence-corrected chi connectivity index (χ4v) is 3.90. The zero-order valence-electron chi connectivity index (χ0n) is 13.7. The Morgan fingerprint density at radius 1 is 1.23 bits per heavy atom. The minimum Gasteiger partial charge on any atom is -0.496 e. The lowest BCUT2D eigenvalue weighted by Gasteiger charge is -2.03. The highest BCUT2D eigenvalue weighted by molar-refractivity contribution is 9.10. The molecule has 0 fully saturated rings. The van der Waals surface area contributed by atoms with Gasteiger partial charge in [-0.25, -0.2) is 4.98 Å². The number of amides is 1. The lowest BCUT2D eigenvalue weighted by atomic mass is 10.2. The molecule has 0 spiro atoms. The zero-order valence-corrected chi connectivity index (χ0v) is 17.7. The van der Waals surface area contributed by atoms with Crippen molar-refractivity contribution in [1.82, 2.24) is 4.98 Å². The normalized spacial score (nSPS) is 10.9. The molecule has 1 aromatic heterocycles. The lowest BCUT2D eigenvalue weighted by molar-refractivity contribution is -0.111. The van der Waals surface area contributed by atoms with Crippen LogP contribution >= 0.6 is 43.2 Å². The van der Waals surface area contributed by atoms with Crippen LogP contribution < -0.4 is 10.1 Å². The molecule has 0 aliphatic rings. The van der Waals surface area contributed by atoms with Crippen molar-refractivity contribution in [2.45, 2.75) is 0 Å². The molecule has 0 aliphatic heterocycles. The van der Waals surface area contributed by atoms with Crippen molar-refractivity contribution in [3.05, 3.63) is 68.4 Å². The number of carbonyl (C=O) groups is 1. The summed E-state index contributed by atoms with van der Waals surface area (Å²) in [6.07, 6.45) is 3.22. The second kappa shape index (κ2) is 8.62. The van der Waals surface area contributed by atoms with Crippen LogP contribution in [-0.4, -0.2) is 18.0 Å². The summed E-state index contributed by atoms with van der Waals surface area (Å²) >= 11 is 8.27. The fraction of sp³-hybridized carbons (Fsp3) is 0.0526. The number of thiazole rings is 1. The van der Waals surface area contributed by atoms with Gasteiger partial charge < -0.3 is 4.74 Å². The average Bonchev–Trinajstić information content (AvgIpc) is 3.08. The van der Waals surface area contributed by atoms with E-state index in [4.69, 9.17) is 4.74 Å². The summed E-state index contributed by atoms with van der Waals surface area (Å²) in [5, 5.41) is 5.27. The maximum atomic E-state index is 12.1. The molecule has 0 atom stereocenters. The minimum atomic E-state index is -0.230. The summed E-state index contributed by atoms with van der Waals surface area (Å²) in [4.78, 5) is 16.6. The topological polar surface area (TPSA) is 51.2 Å². The van der Waals surface area contributed by atoms with Crippen molar-refractivity contribution in [3.8, 4) is 17.0 Å². The number of benzene rings is 2. The van der Waals surface area contributed by atoms with E-state index < -0.39 is 0 Å². The Bertz CT molecular complexity index is 970. The number of hydrogen-bond donors (Lipinski definition) is 1. The second-order valence-corrected chi connectivity index (χ2v) is 7.89. The van der Waals surface area contributed by atoms with Gasteiger partial charge in [0, 0.05) is 21.5 Å². The molecule has 0 unspecified atom stereocenters. The highest BCUT2D eigenvalue weighted by atomic mass is 79.9. The molecule has 3 rings (SSSR count).